The largest absolute Gasteiger partial charge is 0.493 e. The predicted molar refractivity (Wildman–Crippen MR) is 97.0 cm³/mol. The van der Waals surface area contributed by atoms with Gasteiger partial charge in [-0.05, 0) is 31.5 Å². The summed E-state index contributed by atoms with van der Waals surface area (Å²) in [7, 11) is 4.51. The molecule has 0 atom stereocenters. The van der Waals surface area contributed by atoms with Crippen LogP contribution in [-0.4, -0.2) is 32.9 Å². The van der Waals surface area contributed by atoms with E-state index in [0.29, 0.717) is 28.5 Å². The van der Waals surface area contributed by atoms with Gasteiger partial charge in [0, 0.05) is 5.56 Å². The fourth-order valence-corrected chi connectivity index (χ4v) is 2.27. The number of amides is 1. The maximum atomic E-state index is 12.4. The Morgan fingerprint density at radius 2 is 1.48 bits per heavy atom. The average Bonchev–Trinajstić information content (AvgIpc) is 2.64. The van der Waals surface area contributed by atoms with E-state index in [1.165, 1.54) is 21.3 Å². The number of carbonyl (C=O) groups excluding carboxylic acids is 1. The van der Waals surface area contributed by atoms with Gasteiger partial charge < -0.3 is 14.2 Å². The molecule has 1 N–H and O–H groups in total. The fraction of sp³-hybridized carbons (Fsp3) is 0.263. The second kappa shape index (κ2) is 8.19. The summed E-state index contributed by atoms with van der Waals surface area (Å²) in [5, 5.41) is 4.16. The molecular formula is C19H22N2O4. The molecule has 0 aliphatic heterocycles. The van der Waals surface area contributed by atoms with E-state index in [1.54, 1.807) is 12.1 Å². The number of aryl methyl sites for hydroxylation is 1. The molecule has 0 aliphatic rings. The van der Waals surface area contributed by atoms with Gasteiger partial charge in [-0.3, -0.25) is 4.79 Å². The van der Waals surface area contributed by atoms with Crippen molar-refractivity contribution < 1.29 is 19.0 Å². The molecule has 6 heteroatoms. The summed E-state index contributed by atoms with van der Waals surface area (Å²) in [4.78, 5) is 12.4. The molecule has 0 spiro atoms. The maximum absolute atomic E-state index is 12.4. The molecule has 132 valence electrons. The fourth-order valence-electron chi connectivity index (χ4n) is 2.27. The Hall–Kier alpha value is -3.02. The number of hydrogen-bond acceptors (Lipinski definition) is 5. The number of benzene rings is 2. The van der Waals surface area contributed by atoms with Crippen molar-refractivity contribution in [2.75, 3.05) is 21.3 Å². The minimum absolute atomic E-state index is 0.356. The van der Waals surface area contributed by atoms with Gasteiger partial charge in [-0.15, -0.1) is 0 Å². The number of carbonyl (C=O) groups is 1. The van der Waals surface area contributed by atoms with E-state index in [2.05, 4.69) is 10.5 Å². The first-order chi connectivity index (χ1) is 12.0. The molecule has 6 nitrogen and oxygen atoms in total. The van der Waals surface area contributed by atoms with Crippen LogP contribution in [0.1, 0.15) is 28.4 Å². The molecule has 1 amide bonds. The standard InChI is InChI=1S/C19H22N2O4/c1-12-6-8-14(9-7-12)13(2)20-21-19(22)15-10-16(23-3)18(25-5)17(11-15)24-4/h6-11H,1-5H3,(H,21,22)/b20-13-. The van der Waals surface area contributed by atoms with Crippen LogP contribution in [0.25, 0.3) is 0 Å². The third kappa shape index (κ3) is 4.29. The first-order valence-electron chi connectivity index (χ1n) is 7.71. The zero-order valence-electron chi connectivity index (χ0n) is 15.0. The summed E-state index contributed by atoms with van der Waals surface area (Å²) < 4.78 is 15.8. The third-order valence-corrected chi connectivity index (χ3v) is 3.72. The van der Waals surface area contributed by atoms with Gasteiger partial charge in [-0.2, -0.15) is 5.10 Å². The molecule has 2 aromatic carbocycles. The summed E-state index contributed by atoms with van der Waals surface area (Å²) in [6.07, 6.45) is 0. The van der Waals surface area contributed by atoms with Crippen LogP contribution in [0, 0.1) is 6.92 Å². The normalized spacial score (nSPS) is 11.0. The van der Waals surface area contributed by atoms with Gasteiger partial charge >= 0.3 is 0 Å². The summed E-state index contributed by atoms with van der Waals surface area (Å²) in [6.45, 7) is 3.85. The van der Waals surface area contributed by atoms with Crippen LogP contribution in [-0.2, 0) is 0 Å². The zero-order valence-corrected chi connectivity index (χ0v) is 15.0. The topological polar surface area (TPSA) is 69.2 Å². The minimum Gasteiger partial charge on any atom is -0.493 e. The Morgan fingerprint density at radius 3 is 1.96 bits per heavy atom. The van der Waals surface area contributed by atoms with E-state index in [4.69, 9.17) is 14.2 Å². The minimum atomic E-state index is -0.370. The molecule has 0 heterocycles. The van der Waals surface area contributed by atoms with E-state index >= 15 is 0 Å². The second-order valence-corrected chi connectivity index (χ2v) is 5.42. The number of methoxy groups -OCH3 is 3. The van der Waals surface area contributed by atoms with Crippen molar-refractivity contribution in [2.24, 2.45) is 5.10 Å². The van der Waals surface area contributed by atoms with Gasteiger partial charge in [0.25, 0.3) is 5.91 Å². The van der Waals surface area contributed by atoms with Crippen LogP contribution in [0.2, 0.25) is 0 Å². The molecule has 0 unspecified atom stereocenters. The van der Waals surface area contributed by atoms with Crippen molar-refractivity contribution in [3.05, 3.63) is 53.1 Å². The van der Waals surface area contributed by atoms with Crippen molar-refractivity contribution in [2.45, 2.75) is 13.8 Å². The highest BCUT2D eigenvalue weighted by Crippen LogP contribution is 2.38. The van der Waals surface area contributed by atoms with Crippen molar-refractivity contribution >= 4 is 11.6 Å². The van der Waals surface area contributed by atoms with E-state index in [9.17, 15) is 4.79 Å². The van der Waals surface area contributed by atoms with Crippen molar-refractivity contribution in [1.29, 1.82) is 0 Å². The van der Waals surface area contributed by atoms with E-state index in [0.717, 1.165) is 11.1 Å². The first kappa shape index (κ1) is 18.3. The first-order valence-corrected chi connectivity index (χ1v) is 7.71. The number of nitrogens with zero attached hydrogens (tertiary/aromatic N) is 1. The lowest BCUT2D eigenvalue weighted by Gasteiger charge is -2.13. The molecule has 25 heavy (non-hydrogen) atoms. The number of rotatable bonds is 6. The molecule has 0 saturated heterocycles. The molecule has 0 aliphatic carbocycles. The molecule has 2 rings (SSSR count). The number of hydrogen-bond donors (Lipinski definition) is 1. The summed E-state index contributed by atoms with van der Waals surface area (Å²) in [6, 6.07) is 11.1. The van der Waals surface area contributed by atoms with Crippen LogP contribution in [0.4, 0.5) is 0 Å². The van der Waals surface area contributed by atoms with Crippen molar-refractivity contribution in [1.82, 2.24) is 5.43 Å². The van der Waals surface area contributed by atoms with Crippen LogP contribution >= 0.6 is 0 Å². The van der Waals surface area contributed by atoms with Gasteiger partial charge in [0.1, 0.15) is 0 Å². The number of hydrazone groups is 1. The van der Waals surface area contributed by atoms with Gasteiger partial charge in [0.2, 0.25) is 5.75 Å². The molecular weight excluding hydrogens is 320 g/mol. The Kier molecular flexibility index (Phi) is 6.00. The Labute approximate surface area is 147 Å². The lowest BCUT2D eigenvalue weighted by atomic mass is 10.1. The predicted octanol–water partition coefficient (Wildman–Crippen LogP) is 3.17. The number of nitrogens with one attached hydrogen (secondary N) is 1. The van der Waals surface area contributed by atoms with E-state index in [1.807, 2.05) is 38.1 Å². The van der Waals surface area contributed by atoms with Crippen LogP contribution in [0.5, 0.6) is 17.2 Å². The Bertz CT molecular complexity index is 758. The maximum Gasteiger partial charge on any atom is 0.271 e. The average molecular weight is 342 g/mol. The molecule has 0 aromatic heterocycles. The van der Waals surface area contributed by atoms with Gasteiger partial charge in [-0.1, -0.05) is 29.8 Å². The Balaban J connectivity index is 2.23. The SMILES string of the molecule is COc1cc(C(=O)N/N=C(/C)c2ccc(C)cc2)cc(OC)c1OC. The molecule has 0 bridgehead atoms. The quantitative estimate of drug-likeness (QED) is 0.647. The highest BCUT2D eigenvalue weighted by Gasteiger charge is 2.16. The third-order valence-electron chi connectivity index (χ3n) is 3.72. The lowest BCUT2D eigenvalue weighted by Crippen LogP contribution is -2.19. The van der Waals surface area contributed by atoms with Crippen molar-refractivity contribution in [3.63, 3.8) is 0 Å². The summed E-state index contributed by atoms with van der Waals surface area (Å²) >= 11 is 0. The lowest BCUT2D eigenvalue weighted by molar-refractivity contribution is 0.0954. The Morgan fingerprint density at radius 1 is 0.920 bits per heavy atom. The molecule has 0 radical (unpaired) electrons. The number of ether oxygens (including phenoxy) is 3. The second-order valence-electron chi connectivity index (χ2n) is 5.42. The highest BCUT2D eigenvalue weighted by molar-refractivity contribution is 6.01. The highest BCUT2D eigenvalue weighted by atomic mass is 16.5. The van der Waals surface area contributed by atoms with Gasteiger partial charge in [-0.25, -0.2) is 5.43 Å². The zero-order chi connectivity index (χ0) is 18.4. The van der Waals surface area contributed by atoms with Crippen LogP contribution in [0.15, 0.2) is 41.5 Å². The van der Waals surface area contributed by atoms with E-state index in [-0.39, 0.29) is 5.91 Å². The summed E-state index contributed by atoms with van der Waals surface area (Å²) in [5.74, 6) is 0.879. The smallest absolute Gasteiger partial charge is 0.271 e. The monoisotopic (exact) mass is 342 g/mol. The van der Waals surface area contributed by atoms with Gasteiger partial charge in [0.05, 0.1) is 27.0 Å². The van der Waals surface area contributed by atoms with Crippen LogP contribution < -0.4 is 19.6 Å². The van der Waals surface area contributed by atoms with E-state index < -0.39 is 0 Å². The molecule has 2 aromatic rings. The molecule has 0 fully saturated rings. The van der Waals surface area contributed by atoms with Crippen molar-refractivity contribution in [3.8, 4) is 17.2 Å². The molecule has 0 saturated carbocycles. The van der Waals surface area contributed by atoms with Gasteiger partial charge in [0.15, 0.2) is 11.5 Å². The van der Waals surface area contributed by atoms with Crippen LogP contribution in [0.3, 0.4) is 0 Å². The summed E-state index contributed by atoms with van der Waals surface area (Å²) in [5.41, 5.74) is 5.72.